The van der Waals surface area contributed by atoms with Gasteiger partial charge in [0.1, 0.15) is 23.3 Å². The van der Waals surface area contributed by atoms with Crippen LogP contribution in [0, 0.1) is 11.6 Å². The van der Waals surface area contributed by atoms with Crippen molar-refractivity contribution in [3.63, 3.8) is 0 Å². The summed E-state index contributed by atoms with van der Waals surface area (Å²) in [4.78, 5) is 12.3. The third kappa shape index (κ3) is 9.95. The summed E-state index contributed by atoms with van der Waals surface area (Å²) in [5.41, 5.74) is 16.5. The number of aromatic nitrogens is 2. The third-order valence-electron chi connectivity index (χ3n) is 8.82. The van der Waals surface area contributed by atoms with Gasteiger partial charge in [0.25, 0.3) is 0 Å². The van der Waals surface area contributed by atoms with Crippen molar-refractivity contribution < 1.29 is 18.1 Å². The first kappa shape index (κ1) is 40.7. The van der Waals surface area contributed by atoms with E-state index in [1.807, 2.05) is 118 Å². The lowest BCUT2D eigenvalue weighted by atomic mass is 9.76. The highest BCUT2D eigenvalue weighted by molar-refractivity contribution is 9.10. The summed E-state index contributed by atoms with van der Waals surface area (Å²) < 4.78 is 40.6. The molecule has 1 saturated heterocycles. The highest BCUT2D eigenvalue weighted by Gasteiger charge is 2.52. The normalized spacial score (nSPS) is 14.5. The molecule has 0 amide bonds. The van der Waals surface area contributed by atoms with E-state index in [0.717, 1.165) is 38.4 Å². The first-order valence-corrected chi connectivity index (χ1v) is 17.4. The van der Waals surface area contributed by atoms with Crippen molar-refractivity contribution in [2.24, 2.45) is 0 Å². The second kappa shape index (κ2) is 16.5. The van der Waals surface area contributed by atoms with E-state index in [4.69, 9.17) is 20.8 Å². The molecule has 5 rings (SSSR count). The summed E-state index contributed by atoms with van der Waals surface area (Å²) in [6, 6.07) is 13.5. The predicted octanol–water partition coefficient (Wildman–Crippen LogP) is 8.40. The summed E-state index contributed by atoms with van der Waals surface area (Å²) in [6.07, 6.45) is 3.49. The number of benzene rings is 2. The molecular weight excluding hydrogens is 701 g/mol. The predicted molar refractivity (Wildman–Crippen MR) is 209 cm³/mol. The van der Waals surface area contributed by atoms with Crippen LogP contribution in [0.5, 0.6) is 0 Å². The highest BCUT2D eigenvalue weighted by Crippen LogP contribution is 2.38. The van der Waals surface area contributed by atoms with E-state index < -0.39 is 18.3 Å². The molecule has 0 radical (unpaired) electrons. The second-order valence-corrected chi connectivity index (χ2v) is 15.3. The summed E-state index contributed by atoms with van der Waals surface area (Å²) >= 11 is 3.36. The molecule has 3 heterocycles. The molecular formula is C38H52BBrF2N6O2. The van der Waals surface area contributed by atoms with Gasteiger partial charge in [-0.1, -0.05) is 43.6 Å². The third-order valence-corrected chi connectivity index (χ3v) is 9.31. The van der Waals surface area contributed by atoms with Crippen LogP contribution in [0.4, 0.5) is 31.8 Å². The highest BCUT2D eigenvalue weighted by atomic mass is 79.9. The van der Waals surface area contributed by atoms with Crippen molar-refractivity contribution in [2.75, 3.05) is 49.5 Å². The van der Waals surface area contributed by atoms with Gasteiger partial charge < -0.3 is 30.6 Å². The molecule has 12 heteroatoms. The van der Waals surface area contributed by atoms with Crippen molar-refractivity contribution in [2.45, 2.75) is 78.4 Å². The number of hydrogen-bond acceptors (Lipinski definition) is 8. The van der Waals surface area contributed by atoms with Gasteiger partial charge >= 0.3 is 7.12 Å². The number of anilines is 4. The van der Waals surface area contributed by atoms with E-state index in [-0.39, 0.29) is 23.5 Å². The topological polar surface area (TPSA) is 103 Å². The number of rotatable bonds is 6. The Bertz CT molecular complexity index is 1750. The van der Waals surface area contributed by atoms with Crippen LogP contribution in [0.3, 0.4) is 0 Å². The maximum Gasteiger partial charge on any atom is 0.497 e. The number of pyridine rings is 2. The molecule has 0 aliphatic carbocycles. The molecule has 0 spiro atoms. The van der Waals surface area contributed by atoms with Crippen molar-refractivity contribution in [3.05, 3.63) is 88.2 Å². The van der Waals surface area contributed by atoms with Gasteiger partial charge in [0.15, 0.2) is 0 Å². The lowest BCUT2D eigenvalue weighted by Gasteiger charge is -2.32. The first-order chi connectivity index (χ1) is 23.1. The van der Waals surface area contributed by atoms with Gasteiger partial charge in [-0.15, -0.1) is 0 Å². The second-order valence-electron chi connectivity index (χ2n) is 14.4. The molecule has 0 unspecified atom stereocenters. The van der Waals surface area contributed by atoms with Gasteiger partial charge in [0.05, 0.1) is 11.2 Å². The molecule has 4 aromatic rings. The van der Waals surface area contributed by atoms with Crippen LogP contribution >= 0.6 is 15.9 Å². The number of halogens is 3. The van der Waals surface area contributed by atoms with Crippen LogP contribution in [0.25, 0.3) is 11.1 Å². The van der Waals surface area contributed by atoms with Crippen LogP contribution in [0.2, 0.25) is 0 Å². The van der Waals surface area contributed by atoms with Gasteiger partial charge in [-0.3, -0.25) is 0 Å². The van der Waals surface area contributed by atoms with Crippen LogP contribution in [-0.2, 0) is 9.31 Å². The van der Waals surface area contributed by atoms with Gasteiger partial charge in [-0.05, 0) is 105 Å². The summed E-state index contributed by atoms with van der Waals surface area (Å²) in [7, 11) is 7.14. The van der Waals surface area contributed by atoms with E-state index in [2.05, 4.69) is 25.9 Å². The fourth-order valence-electron chi connectivity index (χ4n) is 5.13. The molecule has 50 heavy (non-hydrogen) atoms. The first-order valence-electron chi connectivity index (χ1n) is 16.6. The Balaban J connectivity index is 0.000000214. The van der Waals surface area contributed by atoms with Gasteiger partial charge in [0.2, 0.25) is 0 Å². The van der Waals surface area contributed by atoms with E-state index in [1.54, 1.807) is 12.4 Å². The van der Waals surface area contributed by atoms with Gasteiger partial charge in [0, 0.05) is 67.5 Å². The fourth-order valence-corrected chi connectivity index (χ4v) is 5.45. The molecule has 8 nitrogen and oxygen atoms in total. The smallest absolute Gasteiger partial charge is 0.399 e. The Kier molecular flexibility index (Phi) is 13.4. The molecule has 4 N–H and O–H groups in total. The van der Waals surface area contributed by atoms with E-state index in [9.17, 15) is 8.78 Å². The minimum absolute atomic E-state index is 0.145. The Labute approximate surface area is 305 Å². The standard InChI is InChI=1S/C16H20FN3.C15H23BFNO2.C7H9BrN2/c1-10(2)13-8-12(17)9-14(16(13)18)11-5-6-19-15(7-11)20(3)4;1-9(2)11-7-10(17)8-12(13(11)18)16-19-14(3,4)15(5,6)20-16;1-10(2)7-5-6(8)3-4-9-7/h5-10H,18H2,1-4H3;7-9H,18H2,1-6H3;3-5H,1-2H3. The average Bonchev–Trinajstić information content (AvgIpc) is 3.25. The monoisotopic (exact) mass is 752 g/mol. The van der Waals surface area contributed by atoms with Crippen LogP contribution < -0.4 is 26.7 Å². The van der Waals surface area contributed by atoms with Crippen molar-refractivity contribution in [1.29, 1.82) is 0 Å². The van der Waals surface area contributed by atoms with E-state index in [1.165, 1.54) is 24.3 Å². The van der Waals surface area contributed by atoms with Crippen LogP contribution in [0.15, 0.2) is 65.4 Å². The molecule has 2 aromatic heterocycles. The van der Waals surface area contributed by atoms with E-state index in [0.29, 0.717) is 16.8 Å². The number of nitrogens with zero attached hydrogens (tertiary/aromatic N) is 4. The van der Waals surface area contributed by atoms with E-state index >= 15 is 0 Å². The number of nitrogens with two attached hydrogens (primary N) is 2. The lowest BCUT2D eigenvalue weighted by Crippen LogP contribution is -2.41. The zero-order valence-electron chi connectivity index (χ0n) is 31.4. The van der Waals surface area contributed by atoms with Crippen molar-refractivity contribution in [1.82, 2.24) is 9.97 Å². The minimum atomic E-state index is -0.631. The van der Waals surface area contributed by atoms with Crippen LogP contribution in [0.1, 0.15) is 78.4 Å². The molecule has 2 aromatic carbocycles. The fraction of sp³-hybridized carbons (Fsp3) is 0.421. The van der Waals surface area contributed by atoms with Crippen molar-refractivity contribution >= 4 is 51.5 Å². The average molecular weight is 754 g/mol. The lowest BCUT2D eigenvalue weighted by molar-refractivity contribution is 0.00578. The summed E-state index contributed by atoms with van der Waals surface area (Å²) in [6.45, 7) is 15.8. The molecule has 0 atom stereocenters. The number of hydrogen-bond donors (Lipinski definition) is 2. The van der Waals surface area contributed by atoms with Crippen molar-refractivity contribution in [3.8, 4) is 11.1 Å². The Morgan fingerprint density at radius 2 is 1.16 bits per heavy atom. The Hall–Kier alpha value is -3.74. The molecule has 1 aliphatic rings. The SMILES string of the molecule is CC(C)c1cc(F)cc(-c2ccnc(N(C)C)c2)c1N.CC(C)c1cc(F)cc(B2OC(C)(C)C(C)(C)O2)c1N.CN(C)c1cc(Br)ccn1. The molecule has 1 aliphatic heterocycles. The molecule has 270 valence electrons. The van der Waals surface area contributed by atoms with Gasteiger partial charge in [-0.25, -0.2) is 18.7 Å². The largest absolute Gasteiger partial charge is 0.497 e. The number of nitrogen functional groups attached to an aromatic ring is 2. The zero-order valence-corrected chi connectivity index (χ0v) is 33.0. The maximum absolute atomic E-state index is 13.8. The maximum atomic E-state index is 13.8. The minimum Gasteiger partial charge on any atom is -0.399 e. The summed E-state index contributed by atoms with van der Waals surface area (Å²) in [5.74, 6) is 1.53. The zero-order chi connectivity index (χ0) is 37.7. The molecule has 1 fully saturated rings. The molecule has 0 bridgehead atoms. The Morgan fingerprint density at radius 1 is 0.700 bits per heavy atom. The van der Waals surface area contributed by atoms with Crippen LogP contribution in [-0.4, -0.2) is 56.5 Å². The molecule has 0 saturated carbocycles. The van der Waals surface area contributed by atoms with Gasteiger partial charge in [-0.2, -0.15) is 0 Å². The Morgan fingerprint density at radius 3 is 1.62 bits per heavy atom. The quantitative estimate of drug-likeness (QED) is 0.150. The summed E-state index contributed by atoms with van der Waals surface area (Å²) in [5, 5.41) is 0.